The second kappa shape index (κ2) is 5.85. The van der Waals surface area contributed by atoms with Crippen molar-refractivity contribution in [3.63, 3.8) is 0 Å². The predicted molar refractivity (Wildman–Crippen MR) is 81.7 cm³/mol. The van der Waals surface area contributed by atoms with Gasteiger partial charge in [-0.3, -0.25) is 14.3 Å². The van der Waals surface area contributed by atoms with Crippen LogP contribution in [0.1, 0.15) is 15.9 Å². The van der Waals surface area contributed by atoms with E-state index in [1.807, 2.05) is 12.1 Å². The van der Waals surface area contributed by atoms with E-state index in [2.05, 4.69) is 10.3 Å². The minimum Gasteiger partial charge on any atom is -0.408 e. The van der Waals surface area contributed by atoms with Crippen LogP contribution in [0.3, 0.4) is 0 Å². The van der Waals surface area contributed by atoms with Crippen molar-refractivity contribution in [1.29, 1.82) is 0 Å². The Labute approximate surface area is 126 Å². The Morgan fingerprint density at radius 3 is 3.00 bits per heavy atom. The molecule has 0 fully saturated rings. The van der Waals surface area contributed by atoms with Crippen molar-refractivity contribution in [3.8, 4) is 0 Å². The van der Waals surface area contributed by atoms with Gasteiger partial charge in [0.2, 0.25) is 0 Å². The molecule has 0 bridgehead atoms. The van der Waals surface area contributed by atoms with Gasteiger partial charge in [0.05, 0.1) is 11.1 Å². The molecule has 1 N–H and O–H groups in total. The molecule has 0 atom stereocenters. The molecule has 0 aliphatic rings. The maximum atomic E-state index is 11.9. The highest BCUT2D eigenvalue weighted by Crippen LogP contribution is 2.14. The molecule has 0 aliphatic heterocycles. The molecule has 0 saturated heterocycles. The van der Waals surface area contributed by atoms with Crippen LogP contribution in [-0.2, 0) is 13.5 Å². The van der Waals surface area contributed by atoms with Gasteiger partial charge in [-0.2, -0.15) is 0 Å². The predicted octanol–water partition coefficient (Wildman–Crippen LogP) is 1.50. The van der Waals surface area contributed by atoms with Crippen LogP contribution in [0.4, 0.5) is 0 Å². The van der Waals surface area contributed by atoms with Gasteiger partial charge in [0.25, 0.3) is 5.91 Å². The van der Waals surface area contributed by atoms with Crippen LogP contribution < -0.4 is 11.1 Å². The van der Waals surface area contributed by atoms with E-state index < -0.39 is 0 Å². The van der Waals surface area contributed by atoms with Crippen molar-refractivity contribution in [3.05, 3.63) is 64.4 Å². The summed E-state index contributed by atoms with van der Waals surface area (Å²) in [5.41, 5.74) is 2.88. The molecule has 1 aromatic carbocycles. The Kier molecular flexibility index (Phi) is 3.74. The largest absolute Gasteiger partial charge is 0.419 e. The van der Waals surface area contributed by atoms with E-state index in [4.69, 9.17) is 4.42 Å². The normalized spacial score (nSPS) is 10.8. The maximum Gasteiger partial charge on any atom is 0.419 e. The lowest BCUT2D eigenvalue weighted by Gasteiger charge is -2.05. The summed E-state index contributed by atoms with van der Waals surface area (Å²) in [4.78, 5) is 27.3. The number of aromatic nitrogens is 2. The summed E-state index contributed by atoms with van der Waals surface area (Å²) >= 11 is 0. The number of fused-ring (bicyclic) bond motifs is 1. The van der Waals surface area contributed by atoms with E-state index in [9.17, 15) is 9.59 Å². The van der Waals surface area contributed by atoms with Crippen LogP contribution in [0.5, 0.6) is 0 Å². The number of pyridine rings is 1. The monoisotopic (exact) mass is 297 g/mol. The summed E-state index contributed by atoms with van der Waals surface area (Å²) in [5.74, 6) is -0.526. The van der Waals surface area contributed by atoms with Crippen molar-refractivity contribution >= 4 is 17.0 Å². The van der Waals surface area contributed by atoms with Gasteiger partial charge in [-0.25, -0.2) is 4.79 Å². The van der Waals surface area contributed by atoms with Gasteiger partial charge in [0, 0.05) is 26.0 Å². The number of amides is 1. The average Bonchev–Trinajstić information content (AvgIpc) is 2.83. The second-order valence-electron chi connectivity index (χ2n) is 4.98. The summed E-state index contributed by atoms with van der Waals surface area (Å²) in [7, 11) is 1.67. The van der Waals surface area contributed by atoms with E-state index in [1.165, 1.54) is 10.8 Å². The zero-order valence-corrected chi connectivity index (χ0v) is 12.1. The topological polar surface area (TPSA) is 77.1 Å². The quantitative estimate of drug-likeness (QED) is 0.791. The first-order chi connectivity index (χ1) is 10.6. The lowest BCUT2D eigenvalue weighted by molar-refractivity contribution is 0.0954. The summed E-state index contributed by atoms with van der Waals surface area (Å²) in [6.45, 7) is 0.505. The first-order valence-corrected chi connectivity index (χ1v) is 6.92. The standard InChI is InChI=1S/C16H15N3O3/c1-19-13-9-11(4-5-14(13)22-16(19)21)6-8-18-15(20)12-3-2-7-17-10-12/h2-5,7,9-10H,6,8H2,1H3,(H,18,20). The fraction of sp³-hybridized carbons (Fsp3) is 0.188. The number of nitrogens with zero attached hydrogens (tertiary/aromatic N) is 2. The van der Waals surface area contributed by atoms with Gasteiger partial charge in [-0.05, 0) is 36.2 Å². The van der Waals surface area contributed by atoms with Crippen molar-refractivity contribution in [2.24, 2.45) is 7.05 Å². The van der Waals surface area contributed by atoms with Crippen LogP contribution in [-0.4, -0.2) is 22.0 Å². The van der Waals surface area contributed by atoms with Gasteiger partial charge in [-0.15, -0.1) is 0 Å². The second-order valence-corrected chi connectivity index (χ2v) is 4.98. The molecule has 0 radical (unpaired) electrons. The Balaban J connectivity index is 1.66. The van der Waals surface area contributed by atoms with Gasteiger partial charge in [0.1, 0.15) is 0 Å². The average molecular weight is 297 g/mol. The van der Waals surface area contributed by atoms with Crippen LogP contribution in [0.2, 0.25) is 0 Å². The number of nitrogens with one attached hydrogen (secondary N) is 1. The highest BCUT2D eigenvalue weighted by molar-refractivity contribution is 5.93. The summed E-state index contributed by atoms with van der Waals surface area (Å²) in [5, 5.41) is 2.84. The minimum absolute atomic E-state index is 0.148. The number of oxazole rings is 1. The fourth-order valence-corrected chi connectivity index (χ4v) is 2.25. The summed E-state index contributed by atoms with van der Waals surface area (Å²) in [6, 6.07) is 9.00. The molecule has 3 aromatic rings. The molecule has 6 heteroatoms. The molecule has 3 rings (SSSR count). The molecule has 1 amide bonds. The summed E-state index contributed by atoms with van der Waals surface area (Å²) < 4.78 is 6.55. The number of aryl methyl sites for hydroxylation is 1. The Bertz CT molecular complexity index is 865. The molecule has 0 saturated carbocycles. The number of benzene rings is 1. The first kappa shape index (κ1) is 14.1. The van der Waals surface area contributed by atoms with E-state index in [1.54, 1.807) is 31.4 Å². The highest BCUT2D eigenvalue weighted by atomic mass is 16.4. The van der Waals surface area contributed by atoms with E-state index in [0.29, 0.717) is 24.1 Å². The third kappa shape index (κ3) is 2.76. The third-order valence-electron chi connectivity index (χ3n) is 3.48. The Morgan fingerprint density at radius 1 is 1.36 bits per heavy atom. The molecule has 2 aromatic heterocycles. The summed E-state index contributed by atoms with van der Waals surface area (Å²) in [6.07, 6.45) is 3.82. The number of rotatable bonds is 4. The molecule has 0 aliphatic carbocycles. The molecule has 0 spiro atoms. The van der Waals surface area contributed by atoms with Crippen molar-refractivity contribution in [1.82, 2.24) is 14.9 Å². The zero-order chi connectivity index (χ0) is 15.5. The van der Waals surface area contributed by atoms with E-state index in [0.717, 1.165) is 11.1 Å². The highest BCUT2D eigenvalue weighted by Gasteiger charge is 2.07. The molecular weight excluding hydrogens is 282 g/mol. The van der Waals surface area contributed by atoms with Crippen molar-refractivity contribution in [2.75, 3.05) is 6.54 Å². The molecule has 0 unspecified atom stereocenters. The molecule has 6 nitrogen and oxygen atoms in total. The molecule has 2 heterocycles. The maximum absolute atomic E-state index is 11.9. The number of carbonyl (C=O) groups is 1. The van der Waals surface area contributed by atoms with Crippen LogP contribution in [0.15, 0.2) is 51.9 Å². The third-order valence-corrected chi connectivity index (χ3v) is 3.48. The van der Waals surface area contributed by atoms with Crippen molar-refractivity contribution in [2.45, 2.75) is 6.42 Å². The van der Waals surface area contributed by atoms with Gasteiger partial charge in [0.15, 0.2) is 5.58 Å². The Hall–Kier alpha value is -2.89. The van der Waals surface area contributed by atoms with E-state index >= 15 is 0 Å². The van der Waals surface area contributed by atoms with Gasteiger partial charge < -0.3 is 9.73 Å². The fourth-order valence-electron chi connectivity index (χ4n) is 2.25. The first-order valence-electron chi connectivity index (χ1n) is 6.92. The SMILES string of the molecule is Cn1c(=O)oc2ccc(CCNC(=O)c3cccnc3)cc21. The molecule has 112 valence electrons. The Morgan fingerprint density at radius 2 is 2.23 bits per heavy atom. The molecule has 22 heavy (non-hydrogen) atoms. The minimum atomic E-state index is -0.378. The smallest absolute Gasteiger partial charge is 0.408 e. The zero-order valence-electron chi connectivity index (χ0n) is 12.1. The van der Waals surface area contributed by atoms with Gasteiger partial charge in [-0.1, -0.05) is 6.07 Å². The van der Waals surface area contributed by atoms with E-state index in [-0.39, 0.29) is 11.7 Å². The van der Waals surface area contributed by atoms with Crippen LogP contribution in [0, 0.1) is 0 Å². The number of carbonyl (C=O) groups excluding carboxylic acids is 1. The molecular formula is C16H15N3O3. The van der Waals surface area contributed by atoms with Crippen molar-refractivity contribution < 1.29 is 9.21 Å². The lowest BCUT2D eigenvalue weighted by Crippen LogP contribution is -2.25. The number of hydrogen-bond donors (Lipinski definition) is 1. The van der Waals surface area contributed by atoms with Gasteiger partial charge >= 0.3 is 5.76 Å². The van der Waals surface area contributed by atoms with Crippen LogP contribution >= 0.6 is 0 Å². The van der Waals surface area contributed by atoms with Crippen LogP contribution in [0.25, 0.3) is 11.1 Å². The number of hydrogen-bond acceptors (Lipinski definition) is 4. The lowest BCUT2D eigenvalue weighted by atomic mass is 10.1.